The summed E-state index contributed by atoms with van der Waals surface area (Å²) >= 11 is 5.83. The maximum absolute atomic E-state index is 12.1. The normalized spacial score (nSPS) is 17.5. The molecule has 1 aromatic rings. The number of piperidine rings is 1. The molecule has 2 amide bonds. The van der Waals surface area contributed by atoms with E-state index < -0.39 is 0 Å². The highest BCUT2D eigenvalue weighted by atomic mass is 35.5. The highest BCUT2D eigenvalue weighted by Gasteiger charge is 2.23. The van der Waals surface area contributed by atoms with Crippen LogP contribution < -0.4 is 16.4 Å². The molecule has 0 radical (unpaired) electrons. The number of primary amides is 1. The van der Waals surface area contributed by atoms with Gasteiger partial charge in [-0.3, -0.25) is 14.6 Å². The third-order valence-electron chi connectivity index (χ3n) is 4.41. The summed E-state index contributed by atoms with van der Waals surface area (Å²) in [4.78, 5) is 30.1. The summed E-state index contributed by atoms with van der Waals surface area (Å²) in [6, 6.07) is 6.77. The van der Waals surface area contributed by atoms with Gasteiger partial charge in [-0.2, -0.15) is 0 Å². The minimum absolute atomic E-state index is 0.147. The third kappa shape index (κ3) is 7.09. The van der Waals surface area contributed by atoms with Gasteiger partial charge in [-0.25, -0.2) is 0 Å². The Morgan fingerprint density at radius 1 is 1.30 bits per heavy atom. The van der Waals surface area contributed by atoms with Crippen molar-refractivity contribution in [1.29, 1.82) is 0 Å². The molecule has 0 aliphatic carbocycles. The molecule has 8 heteroatoms. The van der Waals surface area contributed by atoms with Crippen LogP contribution in [-0.4, -0.2) is 55.4 Å². The number of hydrogen-bond acceptors (Lipinski definition) is 3. The second-order valence-corrected chi connectivity index (χ2v) is 7.06. The van der Waals surface area contributed by atoms with Crippen molar-refractivity contribution in [2.24, 2.45) is 16.6 Å². The maximum Gasteiger partial charge on any atom is 0.251 e. The molecule has 0 aromatic heterocycles. The van der Waals surface area contributed by atoms with Crippen molar-refractivity contribution in [3.05, 3.63) is 34.9 Å². The van der Waals surface area contributed by atoms with E-state index in [0.717, 1.165) is 38.4 Å². The third-order valence-corrected chi connectivity index (χ3v) is 4.66. The number of aliphatic imine (C=N–C) groups is 1. The lowest BCUT2D eigenvalue weighted by atomic mass is 9.95. The second-order valence-electron chi connectivity index (χ2n) is 6.62. The van der Waals surface area contributed by atoms with Gasteiger partial charge in [0.1, 0.15) is 0 Å². The first-order valence-electron chi connectivity index (χ1n) is 9.35. The molecule has 1 aliphatic heterocycles. The van der Waals surface area contributed by atoms with Gasteiger partial charge in [-0.05, 0) is 49.9 Å². The van der Waals surface area contributed by atoms with Crippen molar-refractivity contribution in [3.8, 4) is 0 Å². The van der Waals surface area contributed by atoms with Crippen LogP contribution in [0.15, 0.2) is 29.3 Å². The number of nitrogens with one attached hydrogen (secondary N) is 2. The molecule has 0 bridgehead atoms. The van der Waals surface area contributed by atoms with Gasteiger partial charge in [0.15, 0.2) is 5.96 Å². The van der Waals surface area contributed by atoms with E-state index in [-0.39, 0.29) is 17.7 Å². The van der Waals surface area contributed by atoms with Crippen LogP contribution in [-0.2, 0) is 4.79 Å². The van der Waals surface area contributed by atoms with Crippen molar-refractivity contribution in [2.45, 2.75) is 26.2 Å². The molecule has 2 rings (SSSR count). The lowest BCUT2D eigenvalue weighted by Crippen LogP contribution is -2.47. The van der Waals surface area contributed by atoms with Crippen molar-refractivity contribution in [1.82, 2.24) is 15.5 Å². The molecule has 1 aliphatic rings. The minimum Gasteiger partial charge on any atom is -0.370 e. The summed E-state index contributed by atoms with van der Waals surface area (Å²) in [5.41, 5.74) is 5.91. The van der Waals surface area contributed by atoms with E-state index in [4.69, 9.17) is 17.3 Å². The van der Waals surface area contributed by atoms with Crippen LogP contribution in [0.1, 0.15) is 36.5 Å². The average Bonchev–Trinajstić information content (AvgIpc) is 2.64. The van der Waals surface area contributed by atoms with Gasteiger partial charge in [-0.1, -0.05) is 11.6 Å². The van der Waals surface area contributed by atoms with Gasteiger partial charge in [0.05, 0.1) is 6.54 Å². The molecule has 0 saturated carbocycles. The summed E-state index contributed by atoms with van der Waals surface area (Å²) in [5.74, 6) is 0.678. The van der Waals surface area contributed by atoms with Crippen LogP contribution >= 0.6 is 11.6 Å². The number of likely N-dealkylation sites (tertiary alicyclic amines) is 1. The van der Waals surface area contributed by atoms with E-state index in [2.05, 4.69) is 20.5 Å². The standard InChI is InChI=1S/C19H28ClN5O2/c1-2-22-19(25-11-3-4-14(13-25)12-17(21)26)24-10-9-23-18(27)15-5-7-16(20)8-6-15/h5-8,14H,2-4,9-13H2,1H3,(H2,21,26)(H,22,24)(H,23,27). The topological polar surface area (TPSA) is 99.8 Å². The number of hydrogen-bond donors (Lipinski definition) is 3. The molecule has 1 aromatic carbocycles. The fourth-order valence-electron chi connectivity index (χ4n) is 3.17. The van der Waals surface area contributed by atoms with Crippen molar-refractivity contribution in [2.75, 3.05) is 32.7 Å². The number of carbonyl (C=O) groups excluding carboxylic acids is 2. The van der Waals surface area contributed by atoms with Crippen LogP contribution in [0.5, 0.6) is 0 Å². The summed E-state index contributed by atoms with van der Waals surface area (Å²) in [6.45, 7) is 5.35. The summed E-state index contributed by atoms with van der Waals surface area (Å²) < 4.78 is 0. The predicted molar refractivity (Wildman–Crippen MR) is 108 cm³/mol. The number of benzene rings is 1. The molecule has 1 unspecified atom stereocenters. The first kappa shape index (κ1) is 21.0. The molecule has 1 fully saturated rings. The second kappa shape index (κ2) is 10.8. The maximum atomic E-state index is 12.1. The van der Waals surface area contributed by atoms with Crippen LogP contribution in [0.3, 0.4) is 0 Å². The van der Waals surface area contributed by atoms with E-state index >= 15 is 0 Å². The summed E-state index contributed by atoms with van der Waals surface area (Å²) in [5, 5.41) is 6.74. The first-order valence-corrected chi connectivity index (χ1v) is 9.72. The molecular formula is C19H28ClN5O2. The Kier molecular flexibility index (Phi) is 8.39. The highest BCUT2D eigenvalue weighted by Crippen LogP contribution is 2.19. The Labute approximate surface area is 165 Å². The smallest absolute Gasteiger partial charge is 0.251 e. The lowest BCUT2D eigenvalue weighted by Gasteiger charge is -2.34. The number of amides is 2. The van der Waals surface area contributed by atoms with E-state index in [9.17, 15) is 9.59 Å². The van der Waals surface area contributed by atoms with Crippen LogP contribution in [0.4, 0.5) is 0 Å². The van der Waals surface area contributed by atoms with E-state index in [1.165, 1.54) is 0 Å². The van der Waals surface area contributed by atoms with Gasteiger partial charge in [0.25, 0.3) is 5.91 Å². The van der Waals surface area contributed by atoms with E-state index in [1.54, 1.807) is 24.3 Å². The molecule has 0 spiro atoms. The first-order chi connectivity index (χ1) is 13.0. The number of guanidine groups is 1. The number of rotatable bonds is 7. The van der Waals surface area contributed by atoms with Gasteiger partial charge in [0.2, 0.25) is 5.91 Å². The summed E-state index contributed by atoms with van der Waals surface area (Å²) in [7, 11) is 0. The largest absolute Gasteiger partial charge is 0.370 e. The monoisotopic (exact) mass is 393 g/mol. The fraction of sp³-hybridized carbons (Fsp3) is 0.526. The zero-order valence-corrected chi connectivity index (χ0v) is 16.5. The number of carbonyl (C=O) groups is 2. The molecule has 148 valence electrons. The van der Waals surface area contributed by atoms with Crippen LogP contribution in [0.25, 0.3) is 0 Å². The zero-order valence-electron chi connectivity index (χ0n) is 15.7. The molecular weight excluding hydrogens is 366 g/mol. The number of nitrogens with zero attached hydrogens (tertiary/aromatic N) is 2. The molecule has 1 atom stereocenters. The molecule has 4 N–H and O–H groups in total. The van der Waals surface area contributed by atoms with E-state index in [0.29, 0.717) is 30.1 Å². The van der Waals surface area contributed by atoms with Crippen molar-refractivity contribution >= 4 is 29.4 Å². The van der Waals surface area contributed by atoms with Crippen molar-refractivity contribution in [3.63, 3.8) is 0 Å². The quantitative estimate of drug-likeness (QED) is 0.372. The van der Waals surface area contributed by atoms with Crippen molar-refractivity contribution < 1.29 is 9.59 Å². The van der Waals surface area contributed by atoms with Gasteiger partial charge in [0, 0.05) is 43.2 Å². The fourth-order valence-corrected chi connectivity index (χ4v) is 3.29. The Hall–Kier alpha value is -2.28. The lowest BCUT2D eigenvalue weighted by molar-refractivity contribution is -0.119. The number of halogens is 1. The van der Waals surface area contributed by atoms with Crippen LogP contribution in [0.2, 0.25) is 5.02 Å². The number of nitrogens with two attached hydrogens (primary N) is 1. The average molecular weight is 394 g/mol. The van der Waals surface area contributed by atoms with Gasteiger partial charge < -0.3 is 21.3 Å². The van der Waals surface area contributed by atoms with Crippen LogP contribution in [0, 0.1) is 5.92 Å². The zero-order chi connectivity index (χ0) is 19.6. The highest BCUT2D eigenvalue weighted by molar-refractivity contribution is 6.30. The van der Waals surface area contributed by atoms with Gasteiger partial charge in [-0.15, -0.1) is 0 Å². The Morgan fingerprint density at radius 3 is 2.70 bits per heavy atom. The molecule has 7 nitrogen and oxygen atoms in total. The van der Waals surface area contributed by atoms with Gasteiger partial charge >= 0.3 is 0 Å². The SMILES string of the molecule is CCNC(=NCCNC(=O)c1ccc(Cl)cc1)N1CCCC(CC(N)=O)C1. The van der Waals surface area contributed by atoms with E-state index in [1.807, 2.05) is 6.92 Å². The Bertz CT molecular complexity index is 663. The predicted octanol–water partition coefficient (Wildman–Crippen LogP) is 1.62. The molecule has 1 saturated heterocycles. The Balaban J connectivity index is 1.86. The summed E-state index contributed by atoms with van der Waals surface area (Å²) in [6.07, 6.45) is 2.43. The molecule has 1 heterocycles. The molecule has 27 heavy (non-hydrogen) atoms. The Morgan fingerprint density at radius 2 is 2.04 bits per heavy atom. The minimum atomic E-state index is -0.256.